The largest absolute Gasteiger partial charge is 0.444 e. The van der Waals surface area contributed by atoms with E-state index in [1.54, 1.807) is 11.0 Å². The van der Waals surface area contributed by atoms with Gasteiger partial charge in [-0.05, 0) is 45.7 Å². The Labute approximate surface area is 152 Å². The molecule has 1 fully saturated rings. The van der Waals surface area contributed by atoms with Gasteiger partial charge in [-0.3, -0.25) is 0 Å². The van der Waals surface area contributed by atoms with Crippen LogP contribution in [-0.4, -0.2) is 47.3 Å². The molecule has 0 radical (unpaired) electrons. The topological polar surface area (TPSA) is 71.7 Å². The Morgan fingerprint density at radius 2 is 2.00 bits per heavy atom. The Morgan fingerprint density at radius 3 is 2.52 bits per heavy atom. The number of carbonyl (C=O) groups is 1. The minimum Gasteiger partial charge on any atom is -0.444 e. The number of aromatic nitrogens is 1. The number of ether oxygens (including phenoxy) is 1. The number of carbonyl (C=O) groups excluding carboxylic acids is 1. The summed E-state index contributed by atoms with van der Waals surface area (Å²) in [4.78, 5) is 20.7. The van der Waals surface area contributed by atoms with Crippen molar-refractivity contribution in [3.8, 4) is 0 Å². The van der Waals surface area contributed by atoms with Crippen molar-refractivity contribution in [3.05, 3.63) is 18.2 Å². The van der Waals surface area contributed by atoms with Crippen LogP contribution in [0, 0.1) is 5.92 Å². The van der Waals surface area contributed by atoms with Gasteiger partial charge in [-0.1, -0.05) is 26.8 Å². The summed E-state index contributed by atoms with van der Waals surface area (Å²) < 4.78 is 5.49. The molecule has 1 saturated heterocycles. The van der Waals surface area contributed by atoms with E-state index in [-0.39, 0.29) is 12.1 Å². The van der Waals surface area contributed by atoms with Gasteiger partial charge in [-0.15, -0.1) is 0 Å². The number of likely N-dealkylation sites (N-methyl/N-ethyl adjacent to an activating group) is 1. The van der Waals surface area contributed by atoms with Crippen LogP contribution in [0.25, 0.3) is 0 Å². The molecule has 2 atom stereocenters. The molecule has 142 valence electrons. The summed E-state index contributed by atoms with van der Waals surface area (Å²) >= 11 is 0. The summed E-state index contributed by atoms with van der Waals surface area (Å²) in [6.07, 6.45) is -0.247. The van der Waals surface area contributed by atoms with E-state index in [0.717, 1.165) is 12.4 Å². The zero-order valence-electron chi connectivity index (χ0n) is 16.7. The number of rotatable bonds is 3. The van der Waals surface area contributed by atoms with Gasteiger partial charge in [0.2, 0.25) is 0 Å². The molecule has 6 nitrogen and oxygen atoms in total. The summed E-state index contributed by atoms with van der Waals surface area (Å²) in [5.41, 5.74) is 5.33. The van der Waals surface area contributed by atoms with Crippen molar-refractivity contribution < 1.29 is 9.53 Å². The van der Waals surface area contributed by atoms with Crippen molar-refractivity contribution in [1.29, 1.82) is 0 Å². The maximum absolute atomic E-state index is 12.3. The average molecular weight is 351 g/mol. The maximum atomic E-state index is 12.3. The van der Waals surface area contributed by atoms with Crippen LogP contribution in [0.2, 0.25) is 0 Å². The summed E-state index contributed by atoms with van der Waals surface area (Å²) in [7, 11) is 0. The number of nitrogen functional groups attached to an aromatic ring is 1. The summed E-state index contributed by atoms with van der Waals surface area (Å²) in [5.74, 6) is 1.71. The van der Waals surface area contributed by atoms with Crippen molar-refractivity contribution in [1.82, 2.24) is 9.88 Å². The summed E-state index contributed by atoms with van der Waals surface area (Å²) in [6, 6.07) is 5.86. The van der Waals surface area contributed by atoms with Crippen LogP contribution in [0.1, 0.15) is 48.5 Å². The number of anilines is 2. The highest BCUT2D eigenvalue weighted by molar-refractivity contribution is 5.69. The molecule has 0 spiro atoms. The van der Waals surface area contributed by atoms with Crippen LogP contribution in [-0.2, 0) is 4.74 Å². The van der Waals surface area contributed by atoms with Crippen molar-refractivity contribution in [2.75, 3.05) is 30.3 Å². The number of pyridine rings is 1. The van der Waals surface area contributed by atoms with E-state index in [0.29, 0.717) is 24.8 Å². The van der Waals surface area contributed by atoms with Crippen LogP contribution < -0.4 is 10.6 Å². The average Bonchev–Trinajstić information content (AvgIpc) is 2.91. The van der Waals surface area contributed by atoms with E-state index in [1.165, 1.54) is 0 Å². The van der Waals surface area contributed by atoms with Gasteiger partial charge in [0.15, 0.2) is 0 Å². The van der Waals surface area contributed by atoms with Crippen molar-refractivity contribution >= 4 is 17.7 Å². The second-order valence-corrected chi connectivity index (χ2v) is 7.14. The molecule has 1 aromatic heterocycles. The van der Waals surface area contributed by atoms with E-state index in [4.69, 9.17) is 10.5 Å². The minimum atomic E-state index is -0.474. The molecule has 0 aromatic carbocycles. The molecule has 1 aliphatic heterocycles. The van der Waals surface area contributed by atoms with Crippen molar-refractivity contribution in [3.63, 3.8) is 0 Å². The minimum absolute atomic E-state index is 0.210. The first-order chi connectivity index (χ1) is 11.7. The Kier molecular flexibility index (Phi) is 7.52. The Morgan fingerprint density at radius 1 is 1.36 bits per heavy atom. The quantitative estimate of drug-likeness (QED) is 0.898. The Bertz CT molecular complexity index is 557. The third-order valence-corrected chi connectivity index (χ3v) is 4.02. The van der Waals surface area contributed by atoms with Gasteiger partial charge in [0.1, 0.15) is 17.2 Å². The SMILES string of the molecule is CC.CCN(c1cccc(N)n1)C1CN(C(=O)OC(C)(C)C)CC1C. The first-order valence-electron chi connectivity index (χ1n) is 9.18. The van der Waals surface area contributed by atoms with Crippen LogP contribution in [0.15, 0.2) is 18.2 Å². The number of nitrogens with two attached hydrogens (primary N) is 1. The monoisotopic (exact) mass is 350 g/mol. The molecular formula is C19H34N4O2. The van der Waals surface area contributed by atoms with E-state index >= 15 is 0 Å². The normalized spacial score (nSPS) is 19.9. The van der Waals surface area contributed by atoms with Gasteiger partial charge in [0.05, 0.1) is 6.04 Å². The molecule has 0 bridgehead atoms. The predicted molar refractivity (Wildman–Crippen MR) is 104 cm³/mol. The van der Waals surface area contributed by atoms with E-state index in [2.05, 4.69) is 23.7 Å². The highest BCUT2D eigenvalue weighted by atomic mass is 16.6. The number of likely N-dealkylation sites (tertiary alicyclic amines) is 1. The van der Waals surface area contributed by atoms with Crippen LogP contribution in [0.3, 0.4) is 0 Å². The lowest BCUT2D eigenvalue weighted by atomic mass is 10.0. The molecule has 2 rings (SSSR count). The molecule has 6 heteroatoms. The second-order valence-electron chi connectivity index (χ2n) is 7.14. The highest BCUT2D eigenvalue weighted by Crippen LogP contribution is 2.27. The first-order valence-corrected chi connectivity index (χ1v) is 9.18. The fourth-order valence-electron chi connectivity index (χ4n) is 3.00. The van der Waals surface area contributed by atoms with Gasteiger partial charge in [-0.2, -0.15) is 0 Å². The van der Waals surface area contributed by atoms with Crippen LogP contribution >= 0.6 is 0 Å². The Balaban J connectivity index is 0.00000151. The molecular weight excluding hydrogens is 316 g/mol. The molecule has 1 amide bonds. The summed E-state index contributed by atoms with van der Waals surface area (Å²) in [5, 5.41) is 0. The van der Waals surface area contributed by atoms with Crippen molar-refractivity contribution in [2.24, 2.45) is 5.92 Å². The van der Waals surface area contributed by atoms with Gasteiger partial charge in [-0.25, -0.2) is 9.78 Å². The maximum Gasteiger partial charge on any atom is 0.410 e. The highest BCUT2D eigenvalue weighted by Gasteiger charge is 2.38. The molecule has 0 saturated carbocycles. The summed E-state index contributed by atoms with van der Waals surface area (Å²) in [6.45, 7) is 16.1. The lowest BCUT2D eigenvalue weighted by molar-refractivity contribution is 0.0287. The molecule has 0 aliphatic carbocycles. The molecule has 1 aliphatic rings. The van der Waals surface area contributed by atoms with E-state index < -0.39 is 5.60 Å². The third-order valence-electron chi connectivity index (χ3n) is 4.02. The molecule has 2 heterocycles. The van der Waals surface area contributed by atoms with Gasteiger partial charge in [0.25, 0.3) is 0 Å². The fraction of sp³-hybridized carbons (Fsp3) is 0.684. The second kappa shape index (κ2) is 8.92. The molecule has 2 N–H and O–H groups in total. The van der Waals surface area contributed by atoms with Gasteiger partial charge >= 0.3 is 6.09 Å². The zero-order chi connectivity index (χ0) is 19.2. The third kappa shape index (κ3) is 5.80. The number of hydrogen-bond acceptors (Lipinski definition) is 5. The smallest absolute Gasteiger partial charge is 0.410 e. The molecule has 2 unspecified atom stereocenters. The molecule has 25 heavy (non-hydrogen) atoms. The standard InChI is InChI=1S/C17H28N4O2.C2H6/c1-6-21(15-9-7-8-14(18)19-15)13-11-20(10-12(13)2)16(22)23-17(3,4)5;1-2/h7-9,12-13H,6,10-11H2,1-5H3,(H2,18,19);1-2H3. The van der Waals surface area contributed by atoms with E-state index in [9.17, 15) is 4.79 Å². The fourth-order valence-corrected chi connectivity index (χ4v) is 3.00. The lowest BCUT2D eigenvalue weighted by Crippen LogP contribution is -2.42. The zero-order valence-corrected chi connectivity index (χ0v) is 16.7. The first kappa shape index (κ1) is 21.1. The lowest BCUT2D eigenvalue weighted by Gasteiger charge is -2.31. The molecule has 1 aromatic rings. The predicted octanol–water partition coefficient (Wildman–Crippen LogP) is 3.77. The van der Waals surface area contributed by atoms with Crippen LogP contribution in [0.4, 0.5) is 16.4 Å². The van der Waals surface area contributed by atoms with E-state index in [1.807, 2.05) is 46.8 Å². The number of amides is 1. The van der Waals surface area contributed by atoms with Crippen LogP contribution in [0.5, 0.6) is 0 Å². The Hall–Kier alpha value is -1.98. The van der Waals surface area contributed by atoms with Crippen molar-refractivity contribution in [2.45, 2.75) is 60.1 Å². The van der Waals surface area contributed by atoms with Gasteiger partial charge < -0.3 is 20.3 Å². The van der Waals surface area contributed by atoms with Gasteiger partial charge in [0, 0.05) is 19.6 Å². The number of hydrogen-bond donors (Lipinski definition) is 1. The number of nitrogens with zero attached hydrogens (tertiary/aromatic N) is 3.